The zero-order valence-corrected chi connectivity index (χ0v) is 11.8. The summed E-state index contributed by atoms with van der Waals surface area (Å²) in [7, 11) is 1.53. The summed E-state index contributed by atoms with van der Waals surface area (Å²) in [6, 6.07) is 6.93. The van der Waals surface area contributed by atoms with Gasteiger partial charge in [0, 0.05) is 6.54 Å². The van der Waals surface area contributed by atoms with Crippen molar-refractivity contribution >= 4 is 22.8 Å². The Morgan fingerprint density at radius 2 is 2.00 bits per heavy atom. The lowest BCUT2D eigenvalue weighted by Gasteiger charge is -2.34. The zero-order chi connectivity index (χ0) is 14.8. The number of carbonyl (C=O) groups is 1. The summed E-state index contributed by atoms with van der Waals surface area (Å²) in [5.74, 6) is 0.0665. The van der Waals surface area contributed by atoms with Crippen LogP contribution in [0, 0.1) is 0 Å². The van der Waals surface area contributed by atoms with Gasteiger partial charge in [0.15, 0.2) is 5.82 Å². The second-order valence-electron chi connectivity index (χ2n) is 5.09. The fourth-order valence-electron chi connectivity index (χ4n) is 2.74. The fourth-order valence-corrected chi connectivity index (χ4v) is 2.74. The SMILES string of the molecule is COc1nc2ccccc2nc1N1CCCCC1C(=O)O. The molecular formula is C15H17N3O3. The number of para-hydroxylation sites is 2. The lowest BCUT2D eigenvalue weighted by Crippen LogP contribution is -2.45. The van der Waals surface area contributed by atoms with E-state index in [-0.39, 0.29) is 0 Å². The number of benzene rings is 1. The molecule has 1 aliphatic heterocycles. The third kappa shape index (κ3) is 2.49. The number of carboxylic acids is 1. The van der Waals surface area contributed by atoms with Gasteiger partial charge in [0.2, 0.25) is 0 Å². The smallest absolute Gasteiger partial charge is 0.326 e. The number of rotatable bonds is 3. The second kappa shape index (κ2) is 5.55. The van der Waals surface area contributed by atoms with Crippen LogP contribution in [0.3, 0.4) is 0 Å². The maximum atomic E-state index is 11.5. The van der Waals surface area contributed by atoms with Crippen molar-refractivity contribution in [2.45, 2.75) is 25.3 Å². The molecule has 21 heavy (non-hydrogen) atoms. The van der Waals surface area contributed by atoms with Crippen LogP contribution in [0.5, 0.6) is 5.88 Å². The molecule has 0 spiro atoms. The van der Waals surface area contributed by atoms with Gasteiger partial charge in [-0.1, -0.05) is 12.1 Å². The highest BCUT2D eigenvalue weighted by Crippen LogP contribution is 2.31. The topological polar surface area (TPSA) is 75.6 Å². The molecule has 1 unspecified atom stereocenters. The van der Waals surface area contributed by atoms with Gasteiger partial charge in [0.25, 0.3) is 5.88 Å². The van der Waals surface area contributed by atoms with Gasteiger partial charge < -0.3 is 14.7 Å². The van der Waals surface area contributed by atoms with E-state index in [1.165, 1.54) is 7.11 Å². The number of carboxylic acid groups (broad SMARTS) is 1. The highest BCUT2D eigenvalue weighted by molar-refractivity contribution is 5.81. The quantitative estimate of drug-likeness (QED) is 0.931. The van der Waals surface area contributed by atoms with E-state index in [0.717, 1.165) is 23.9 Å². The van der Waals surface area contributed by atoms with Crippen LogP contribution in [0.4, 0.5) is 5.82 Å². The number of hydrogen-bond donors (Lipinski definition) is 1. The Bertz CT molecular complexity index is 674. The molecule has 1 aromatic carbocycles. The Kier molecular flexibility index (Phi) is 3.60. The molecule has 1 saturated heterocycles. The monoisotopic (exact) mass is 287 g/mol. The number of anilines is 1. The Labute approximate surface area is 122 Å². The zero-order valence-electron chi connectivity index (χ0n) is 11.8. The predicted molar refractivity (Wildman–Crippen MR) is 78.7 cm³/mol. The van der Waals surface area contributed by atoms with Crippen molar-refractivity contribution in [1.82, 2.24) is 9.97 Å². The van der Waals surface area contributed by atoms with E-state index < -0.39 is 12.0 Å². The Balaban J connectivity index is 2.10. The summed E-state index contributed by atoms with van der Waals surface area (Å²) >= 11 is 0. The third-order valence-corrected chi connectivity index (χ3v) is 3.77. The van der Waals surface area contributed by atoms with Crippen LogP contribution in [0.1, 0.15) is 19.3 Å². The number of fused-ring (bicyclic) bond motifs is 1. The van der Waals surface area contributed by atoms with Gasteiger partial charge in [0.05, 0.1) is 18.1 Å². The highest BCUT2D eigenvalue weighted by Gasteiger charge is 2.31. The normalized spacial score (nSPS) is 18.7. The number of methoxy groups -OCH3 is 1. The number of aromatic nitrogens is 2. The van der Waals surface area contributed by atoms with E-state index in [4.69, 9.17) is 4.74 Å². The number of piperidine rings is 1. The van der Waals surface area contributed by atoms with Gasteiger partial charge in [-0.3, -0.25) is 0 Å². The van der Waals surface area contributed by atoms with Crippen molar-refractivity contribution in [3.63, 3.8) is 0 Å². The Hall–Kier alpha value is -2.37. The molecule has 2 heterocycles. The summed E-state index contributed by atoms with van der Waals surface area (Å²) in [5, 5.41) is 9.42. The van der Waals surface area contributed by atoms with Crippen molar-refractivity contribution in [1.29, 1.82) is 0 Å². The van der Waals surface area contributed by atoms with E-state index in [0.29, 0.717) is 24.7 Å². The first-order valence-electron chi connectivity index (χ1n) is 7.01. The molecule has 110 valence electrons. The molecule has 6 heteroatoms. The molecule has 0 saturated carbocycles. The van der Waals surface area contributed by atoms with E-state index in [1.807, 2.05) is 24.3 Å². The van der Waals surface area contributed by atoms with Gasteiger partial charge in [0.1, 0.15) is 6.04 Å². The number of nitrogens with zero attached hydrogens (tertiary/aromatic N) is 3. The van der Waals surface area contributed by atoms with Crippen molar-refractivity contribution in [3.8, 4) is 5.88 Å². The number of ether oxygens (including phenoxy) is 1. The molecule has 0 radical (unpaired) electrons. The number of aliphatic carboxylic acids is 1. The van der Waals surface area contributed by atoms with Crippen LogP contribution in [0.2, 0.25) is 0 Å². The van der Waals surface area contributed by atoms with E-state index >= 15 is 0 Å². The molecule has 1 aromatic heterocycles. The van der Waals surface area contributed by atoms with Gasteiger partial charge in [-0.05, 0) is 31.4 Å². The largest absolute Gasteiger partial charge is 0.480 e. The summed E-state index contributed by atoms with van der Waals surface area (Å²) in [4.78, 5) is 22.3. The van der Waals surface area contributed by atoms with Crippen molar-refractivity contribution in [2.24, 2.45) is 0 Å². The average Bonchev–Trinajstić information content (AvgIpc) is 2.53. The molecule has 1 N–H and O–H groups in total. The lowest BCUT2D eigenvalue weighted by molar-refractivity contribution is -0.139. The molecule has 1 atom stereocenters. The molecule has 6 nitrogen and oxygen atoms in total. The van der Waals surface area contributed by atoms with Crippen LogP contribution in [-0.4, -0.2) is 40.7 Å². The second-order valence-corrected chi connectivity index (χ2v) is 5.09. The maximum Gasteiger partial charge on any atom is 0.326 e. The van der Waals surface area contributed by atoms with Gasteiger partial charge in [-0.2, -0.15) is 0 Å². The Morgan fingerprint density at radius 1 is 1.29 bits per heavy atom. The molecule has 1 fully saturated rings. The molecule has 1 aliphatic rings. The third-order valence-electron chi connectivity index (χ3n) is 3.77. The van der Waals surface area contributed by atoms with Crippen molar-refractivity contribution < 1.29 is 14.6 Å². The standard InChI is InChI=1S/C15H17N3O3/c1-21-14-13(16-10-6-2-3-7-11(10)17-14)18-9-5-4-8-12(18)15(19)20/h2-3,6-7,12H,4-5,8-9H2,1H3,(H,19,20). The van der Waals surface area contributed by atoms with Crippen LogP contribution < -0.4 is 9.64 Å². The Morgan fingerprint density at radius 3 is 2.67 bits per heavy atom. The fraction of sp³-hybridized carbons (Fsp3) is 0.400. The van der Waals surface area contributed by atoms with Crippen molar-refractivity contribution in [3.05, 3.63) is 24.3 Å². The minimum absolute atomic E-state index is 0.377. The van der Waals surface area contributed by atoms with Crippen LogP contribution in [0.15, 0.2) is 24.3 Å². The summed E-state index contributed by atoms with van der Waals surface area (Å²) in [6.45, 7) is 0.653. The van der Waals surface area contributed by atoms with E-state index in [9.17, 15) is 9.90 Å². The number of hydrogen-bond acceptors (Lipinski definition) is 5. The molecule has 2 aromatic rings. The van der Waals surface area contributed by atoms with Gasteiger partial charge in [-0.25, -0.2) is 14.8 Å². The molecule has 3 rings (SSSR count). The minimum atomic E-state index is -0.827. The van der Waals surface area contributed by atoms with Crippen molar-refractivity contribution in [2.75, 3.05) is 18.6 Å². The molecular weight excluding hydrogens is 270 g/mol. The first-order chi connectivity index (χ1) is 10.2. The molecule has 0 amide bonds. The maximum absolute atomic E-state index is 11.5. The first-order valence-corrected chi connectivity index (χ1v) is 7.01. The van der Waals surface area contributed by atoms with E-state index in [1.54, 1.807) is 4.90 Å². The average molecular weight is 287 g/mol. The minimum Gasteiger partial charge on any atom is -0.480 e. The summed E-state index contributed by atoms with van der Waals surface area (Å²) in [5.41, 5.74) is 1.48. The first kappa shape index (κ1) is 13.6. The lowest BCUT2D eigenvalue weighted by atomic mass is 10.0. The van der Waals surface area contributed by atoms with Gasteiger partial charge in [-0.15, -0.1) is 0 Å². The molecule has 0 aliphatic carbocycles. The molecule has 0 bridgehead atoms. The van der Waals surface area contributed by atoms with Crippen LogP contribution in [0.25, 0.3) is 11.0 Å². The van der Waals surface area contributed by atoms with Crippen LogP contribution >= 0.6 is 0 Å². The highest BCUT2D eigenvalue weighted by atomic mass is 16.5. The van der Waals surface area contributed by atoms with Gasteiger partial charge >= 0.3 is 5.97 Å². The summed E-state index contributed by atoms with van der Waals surface area (Å²) in [6.07, 6.45) is 2.48. The van der Waals surface area contributed by atoms with E-state index in [2.05, 4.69) is 9.97 Å². The summed E-state index contributed by atoms with van der Waals surface area (Å²) < 4.78 is 5.33. The van der Waals surface area contributed by atoms with Crippen LogP contribution in [-0.2, 0) is 4.79 Å². The predicted octanol–water partition coefficient (Wildman–Crippen LogP) is 2.08.